The van der Waals surface area contributed by atoms with Crippen molar-refractivity contribution in [2.75, 3.05) is 6.54 Å². The molecular weight excluding hydrogens is 160 g/mol. The summed E-state index contributed by atoms with van der Waals surface area (Å²) >= 11 is 0. The van der Waals surface area contributed by atoms with Gasteiger partial charge in [-0.25, -0.2) is 10.2 Å². The molecular formula is C7H12N2O3. The first-order valence-corrected chi connectivity index (χ1v) is 3.54. The Morgan fingerprint density at radius 3 is 2.42 bits per heavy atom. The first-order valence-electron chi connectivity index (χ1n) is 3.54. The van der Waals surface area contributed by atoms with E-state index in [9.17, 15) is 9.59 Å². The predicted molar refractivity (Wildman–Crippen MR) is 43.2 cm³/mol. The van der Waals surface area contributed by atoms with Crippen molar-refractivity contribution >= 4 is 11.9 Å². The quantitative estimate of drug-likeness (QED) is 0.473. The van der Waals surface area contributed by atoms with Crippen LogP contribution >= 0.6 is 0 Å². The molecule has 0 saturated carbocycles. The second-order valence-corrected chi connectivity index (χ2v) is 2.06. The van der Waals surface area contributed by atoms with E-state index in [2.05, 4.69) is 10.9 Å². The van der Waals surface area contributed by atoms with E-state index in [1.54, 1.807) is 6.92 Å². The van der Waals surface area contributed by atoms with Gasteiger partial charge in [0.15, 0.2) is 0 Å². The molecule has 0 aromatic rings. The van der Waals surface area contributed by atoms with Crippen molar-refractivity contribution in [3.63, 3.8) is 0 Å². The molecule has 5 heteroatoms. The van der Waals surface area contributed by atoms with Gasteiger partial charge in [0.05, 0.1) is 0 Å². The number of hydrogen-bond donors (Lipinski definition) is 3. The summed E-state index contributed by atoms with van der Waals surface area (Å²) in [6.07, 6.45) is 3.18. The Morgan fingerprint density at radius 1 is 1.67 bits per heavy atom. The lowest BCUT2D eigenvalue weighted by atomic mass is 10.5. The zero-order valence-electron chi connectivity index (χ0n) is 6.83. The molecule has 68 valence electrons. The third-order valence-corrected chi connectivity index (χ3v) is 1.01. The normalized spacial score (nSPS) is 15.2. The molecule has 1 aliphatic rings. The Balaban J connectivity index is 0.000000202. The Labute approximate surface area is 70.4 Å². The number of carbonyl (C=O) groups is 2. The summed E-state index contributed by atoms with van der Waals surface area (Å²) in [6, 6.07) is 0. The molecule has 0 aromatic carbocycles. The lowest BCUT2D eigenvalue weighted by molar-refractivity contribution is -0.131. The summed E-state index contributed by atoms with van der Waals surface area (Å²) in [5, 5.41) is 7.83. The van der Waals surface area contributed by atoms with Crippen molar-refractivity contribution in [1.82, 2.24) is 10.9 Å². The molecule has 0 bridgehead atoms. The van der Waals surface area contributed by atoms with Crippen LogP contribution in [0.4, 0.5) is 0 Å². The maximum absolute atomic E-state index is 10.1. The summed E-state index contributed by atoms with van der Waals surface area (Å²) in [6.45, 7) is 2.44. The van der Waals surface area contributed by atoms with Crippen LogP contribution in [0.1, 0.15) is 13.3 Å². The number of hydrazine groups is 1. The summed E-state index contributed by atoms with van der Waals surface area (Å²) < 4.78 is 0. The van der Waals surface area contributed by atoms with E-state index in [-0.39, 0.29) is 5.91 Å². The molecule has 1 fully saturated rings. The molecule has 0 aromatic heterocycles. The van der Waals surface area contributed by atoms with Gasteiger partial charge < -0.3 is 5.11 Å². The monoisotopic (exact) mass is 172 g/mol. The number of nitrogens with one attached hydrogen (secondary N) is 2. The second kappa shape index (κ2) is 6.36. The van der Waals surface area contributed by atoms with Crippen molar-refractivity contribution in [3.05, 3.63) is 12.2 Å². The van der Waals surface area contributed by atoms with Gasteiger partial charge in [0.1, 0.15) is 0 Å². The van der Waals surface area contributed by atoms with E-state index in [0.29, 0.717) is 6.42 Å². The predicted octanol–water partition coefficient (Wildman–Crippen LogP) is -0.342. The van der Waals surface area contributed by atoms with E-state index in [1.807, 2.05) is 0 Å². The number of hydrogen-bond acceptors (Lipinski definition) is 3. The number of carboxylic acids is 1. The zero-order valence-corrected chi connectivity index (χ0v) is 6.83. The maximum atomic E-state index is 10.1. The van der Waals surface area contributed by atoms with Crippen LogP contribution in [0, 0.1) is 0 Å². The van der Waals surface area contributed by atoms with Gasteiger partial charge in [0, 0.05) is 19.0 Å². The summed E-state index contributed by atoms with van der Waals surface area (Å²) in [4.78, 5) is 19.6. The molecule has 0 unspecified atom stereocenters. The Hall–Kier alpha value is -1.36. The summed E-state index contributed by atoms with van der Waals surface area (Å²) in [7, 11) is 0. The number of carbonyl (C=O) groups excluding carboxylic acids is 1. The van der Waals surface area contributed by atoms with E-state index in [1.165, 1.54) is 6.08 Å². The van der Waals surface area contributed by atoms with Gasteiger partial charge in [0.25, 0.3) is 0 Å². The van der Waals surface area contributed by atoms with E-state index in [0.717, 1.165) is 12.6 Å². The molecule has 5 nitrogen and oxygen atoms in total. The van der Waals surface area contributed by atoms with Gasteiger partial charge >= 0.3 is 5.97 Å². The lowest BCUT2D eigenvalue weighted by Crippen LogP contribution is -2.25. The van der Waals surface area contributed by atoms with Crippen molar-refractivity contribution in [3.8, 4) is 0 Å². The van der Waals surface area contributed by atoms with Crippen LogP contribution in [-0.4, -0.2) is 23.5 Å². The maximum Gasteiger partial charge on any atom is 0.327 e. The van der Waals surface area contributed by atoms with E-state index in [4.69, 9.17) is 5.11 Å². The minimum atomic E-state index is -0.891. The second-order valence-electron chi connectivity index (χ2n) is 2.06. The van der Waals surface area contributed by atoms with Crippen LogP contribution in [0.3, 0.4) is 0 Å². The Bertz CT molecular complexity index is 181. The van der Waals surface area contributed by atoms with Crippen LogP contribution < -0.4 is 10.9 Å². The highest BCUT2D eigenvalue weighted by Crippen LogP contribution is 1.79. The van der Waals surface area contributed by atoms with Gasteiger partial charge in [-0.2, -0.15) is 0 Å². The van der Waals surface area contributed by atoms with Crippen molar-refractivity contribution in [2.45, 2.75) is 13.3 Å². The molecule has 12 heavy (non-hydrogen) atoms. The van der Waals surface area contributed by atoms with Crippen LogP contribution in [0.25, 0.3) is 0 Å². The standard InChI is InChI=1S/C4H6O2.C3H6N2O/c1-2-3-4(5)6;6-3-1-2-4-5-3/h2-3H,1H3,(H,5,6);4H,1-2H2,(H,5,6)/b3-2+;. The highest BCUT2D eigenvalue weighted by Gasteiger charge is 2.04. The smallest absolute Gasteiger partial charge is 0.327 e. The van der Waals surface area contributed by atoms with Crippen molar-refractivity contribution < 1.29 is 14.7 Å². The molecule has 0 radical (unpaired) electrons. The Kier molecular flexibility index (Phi) is 5.64. The van der Waals surface area contributed by atoms with Crippen LogP contribution in [-0.2, 0) is 9.59 Å². The number of rotatable bonds is 1. The fourth-order valence-corrected chi connectivity index (χ4v) is 0.542. The highest BCUT2D eigenvalue weighted by molar-refractivity contribution is 5.79. The van der Waals surface area contributed by atoms with Gasteiger partial charge in [-0.15, -0.1) is 0 Å². The largest absolute Gasteiger partial charge is 0.478 e. The fourth-order valence-electron chi connectivity index (χ4n) is 0.542. The summed E-state index contributed by atoms with van der Waals surface area (Å²) in [5.74, 6) is -0.799. The van der Waals surface area contributed by atoms with E-state index < -0.39 is 5.97 Å². The summed E-state index contributed by atoms with van der Waals surface area (Å²) in [5.41, 5.74) is 5.10. The van der Waals surface area contributed by atoms with Gasteiger partial charge in [-0.1, -0.05) is 6.08 Å². The molecule has 1 heterocycles. The molecule has 0 aliphatic carbocycles. The molecule has 3 N–H and O–H groups in total. The number of allylic oxidation sites excluding steroid dienone is 1. The van der Waals surface area contributed by atoms with Gasteiger partial charge in [-0.05, 0) is 6.92 Å². The minimum Gasteiger partial charge on any atom is -0.478 e. The zero-order chi connectivity index (χ0) is 9.40. The van der Waals surface area contributed by atoms with Crippen LogP contribution in [0.5, 0.6) is 0 Å². The van der Waals surface area contributed by atoms with Gasteiger partial charge in [-0.3, -0.25) is 10.2 Å². The third kappa shape index (κ3) is 6.76. The molecule has 1 amide bonds. The number of amides is 1. The van der Waals surface area contributed by atoms with Crippen LogP contribution in [0.15, 0.2) is 12.2 Å². The topological polar surface area (TPSA) is 78.4 Å². The van der Waals surface area contributed by atoms with Crippen LogP contribution in [0.2, 0.25) is 0 Å². The highest BCUT2D eigenvalue weighted by atomic mass is 16.4. The first kappa shape index (κ1) is 10.6. The van der Waals surface area contributed by atoms with Crippen molar-refractivity contribution in [2.24, 2.45) is 0 Å². The lowest BCUT2D eigenvalue weighted by Gasteiger charge is -1.83. The third-order valence-electron chi connectivity index (χ3n) is 1.01. The molecule has 0 spiro atoms. The van der Waals surface area contributed by atoms with Crippen molar-refractivity contribution in [1.29, 1.82) is 0 Å². The average molecular weight is 172 g/mol. The van der Waals surface area contributed by atoms with E-state index >= 15 is 0 Å². The number of aliphatic carboxylic acids is 1. The molecule has 1 rings (SSSR count). The fraction of sp³-hybridized carbons (Fsp3) is 0.429. The minimum absolute atomic E-state index is 0.0926. The Morgan fingerprint density at radius 2 is 2.33 bits per heavy atom. The average Bonchev–Trinajstić information content (AvgIpc) is 2.40. The molecule has 1 saturated heterocycles. The first-order chi connectivity index (χ1) is 5.66. The SMILES string of the molecule is C/C=C/C(=O)O.O=C1CCNN1. The number of carboxylic acid groups (broad SMARTS) is 1. The molecule has 1 aliphatic heterocycles. The van der Waals surface area contributed by atoms with Gasteiger partial charge in [0.2, 0.25) is 5.91 Å². The molecule has 0 atom stereocenters.